The number of allylic oxidation sites excluding steroid dienone is 4. The molecular formula is C22H28N2OS. The lowest BCUT2D eigenvalue weighted by Gasteiger charge is -2.57. The van der Waals surface area contributed by atoms with E-state index in [1.165, 1.54) is 30.4 Å². The van der Waals surface area contributed by atoms with Gasteiger partial charge in [-0.2, -0.15) is 0 Å². The van der Waals surface area contributed by atoms with Crippen molar-refractivity contribution in [1.82, 2.24) is 4.98 Å². The minimum atomic E-state index is 0.230. The fourth-order valence-corrected chi connectivity index (χ4v) is 7.42. The van der Waals surface area contributed by atoms with Crippen LogP contribution in [0.3, 0.4) is 0 Å². The molecule has 0 spiro atoms. The average Bonchev–Trinajstić information content (AvgIpc) is 3.18. The summed E-state index contributed by atoms with van der Waals surface area (Å²) in [4.78, 5) is 16.6. The summed E-state index contributed by atoms with van der Waals surface area (Å²) in [6.45, 7) is 4.92. The normalized spacial score (nSPS) is 41.8. The molecule has 0 amide bonds. The molecule has 0 aromatic carbocycles. The second-order valence-corrected chi connectivity index (χ2v) is 10.2. The molecule has 0 saturated heterocycles. The highest BCUT2D eigenvalue weighted by Gasteiger charge is 2.57. The lowest BCUT2D eigenvalue weighted by Crippen LogP contribution is -2.49. The number of hydrogen-bond donors (Lipinski definition) is 1. The monoisotopic (exact) mass is 368 g/mol. The molecule has 0 aliphatic heterocycles. The lowest BCUT2D eigenvalue weighted by atomic mass is 9.47. The molecule has 4 aliphatic carbocycles. The zero-order valence-electron chi connectivity index (χ0n) is 15.8. The summed E-state index contributed by atoms with van der Waals surface area (Å²) in [5, 5.41) is 2.81. The van der Waals surface area contributed by atoms with Gasteiger partial charge in [0.2, 0.25) is 0 Å². The van der Waals surface area contributed by atoms with Crippen LogP contribution in [0.25, 0.3) is 5.57 Å². The van der Waals surface area contributed by atoms with E-state index in [0.29, 0.717) is 23.3 Å². The Kier molecular flexibility index (Phi) is 3.57. The van der Waals surface area contributed by atoms with Crippen molar-refractivity contribution in [3.8, 4) is 0 Å². The highest BCUT2D eigenvalue weighted by Crippen LogP contribution is 2.66. The van der Waals surface area contributed by atoms with Crippen molar-refractivity contribution >= 4 is 27.8 Å². The molecular weight excluding hydrogens is 340 g/mol. The zero-order chi connectivity index (χ0) is 18.1. The molecule has 4 aliphatic rings. The Morgan fingerprint density at radius 1 is 1.15 bits per heavy atom. The molecule has 2 fully saturated rings. The van der Waals surface area contributed by atoms with Crippen LogP contribution >= 0.6 is 11.3 Å². The zero-order valence-corrected chi connectivity index (χ0v) is 16.6. The summed E-state index contributed by atoms with van der Waals surface area (Å²) in [7, 11) is 0. The van der Waals surface area contributed by atoms with Gasteiger partial charge in [-0.15, -0.1) is 11.3 Å². The number of Topliss-reactive ketones (excluding diaryl/α,β-unsaturated/α-hetero) is 1. The average molecular weight is 369 g/mol. The van der Waals surface area contributed by atoms with Crippen LogP contribution in [0, 0.1) is 28.6 Å². The Morgan fingerprint density at radius 3 is 2.77 bits per heavy atom. The van der Waals surface area contributed by atoms with Crippen molar-refractivity contribution in [3.05, 3.63) is 28.8 Å². The molecule has 0 bridgehead atoms. The van der Waals surface area contributed by atoms with Crippen LogP contribution in [0.15, 0.2) is 23.1 Å². The van der Waals surface area contributed by atoms with E-state index in [1.54, 1.807) is 11.3 Å². The molecule has 5 atom stereocenters. The molecule has 3 nitrogen and oxygen atoms in total. The Hall–Kier alpha value is -1.42. The molecule has 1 aromatic heterocycles. The summed E-state index contributed by atoms with van der Waals surface area (Å²) in [5.41, 5.74) is 10.4. The van der Waals surface area contributed by atoms with Gasteiger partial charge in [-0.1, -0.05) is 31.6 Å². The Bertz CT molecular complexity index is 837. The van der Waals surface area contributed by atoms with Crippen LogP contribution in [0.4, 0.5) is 5.13 Å². The number of carbonyl (C=O) groups excluding carboxylic acids is 1. The van der Waals surface area contributed by atoms with Crippen molar-refractivity contribution in [3.63, 3.8) is 0 Å². The van der Waals surface area contributed by atoms with Crippen molar-refractivity contribution in [2.45, 2.75) is 58.8 Å². The van der Waals surface area contributed by atoms with Gasteiger partial charge in [0.15, 0.2) is 5.13 Å². The summed E-state index contributed by atoms with van der Waals surface area (Å²) in [5.74, 6) is 2.62. The first-order valence-electron chi connectivity index (χ1n) is 10.0. The molecule has 4 heteroatoms. The number of aromatic nitrogens is 1. The third-order valence-electron chi connectivity index (χ3n) is 8.31. The van der Waals surface area contributed by atoms with Gasteiger partial charge in [-0.25, -0.2) is 4.98 Å². The standard InChI is InChI=1S/C22H28N2OS/c1-21-9-7-14(25)11-13(21)3-4-15-16-5-6-18(19-12-26-20(23)24-19)22(16,2)10-8-17(15)21/h3,6,12,15-17H,4-5,7-11H2,1-2H3,(H2,23,24)/t15-,16-,17-,21-,22-/m0/s1. The van der Waals surface area contributed by atoms with Gasteiger partial charge in [0, 0.05) is 18.2 Å². The van der Waals surface area contributed by atoms with Crippen LogP contribution in [-0.4, -0.2) is 10.8 Å². The first-order valence-corrected chi connectivity index (χ1v) is 10.9. The van der Waals surface area contributed by atoms with E-state index in [2.05, 4.69) is 36.4 Å². The predicted octanol–water partition coefficient (Wildman–Crippen LogP) is 5.25. The maximum Gasteiger partial charge on any atom is 0.180 e. The van der Waals surface area contributed by atoms with E-state index in [9.17, 15) is 4.79 Å². The van der Waals surface area contributed by atoms with Crippen LogP contribution in [0.2, 0.25) is 0 Å². The van der Waals surface area contributed by atoms with E-state index in [0.717, 1.165) is 36.8 Å². The third-order valence-corrected chi connectivity index (χ3v) is 8.99. The first-order chi connectivity index (χ1) is 12.4. The third kappa shape index (κ3) is 2.17. The molecule has 2 N–H and O–H groups in total. The van der Waals surface area contributed by atoms with E-state index in [4.69, 9.17) is 5.73 Å². The Morgan fingerprint density at radius 2 is 2.00 bits per heavy atom. The van der Waals surface area contributed by atoms with E-state index >= 15 is 0 Å². The van der Waals surface area contributed by atoms with Gasteiger partial charge in [0.05, 0.1) is 5.69 Å². The minimum absolute atomic E-state index is 0.230. The number of rotatable bonds is 1. The van der Waals surface area contributed by atoms with E-state index < -0.39 is 0 Å². The predicted molar refractivity (Wildman–Crippen MR) is 107 cm³/mol. The molecule has 2 saturated carbocycles. The lowest BCUT2D eigenvalue weighted by molar-refractivity contribution is -0.122. The summed E-state index contributed by atoms with van der Waals surface area (Å²) < 4.78 is 0. The van der Waals surface area contributed by atoms with Gasteiger partial charge in [0.25, 0.3) is 0 Å². The number of anilines is 1. The number of fused-ring (bicyclic) bond motifs is 5. The number of carbonyl (C=O) groups is 1. The number of nitrogens with zero attached hydrogens (tertiary/aromatic N) is 1. The largest absolute Gasteiger partial charge is 0.375 e. The summed E-state index contributed by atoms with van der Waals surface area (Å²) in [6.07, 6.45) is 12.3. The van der Waals surface area contributed by atoms with Crippen molar-refractivity contribution in [2.75, 3.05) is 5.73 Å². The Labute approximate surface area is 159 Å². The molecule has 138 valence electrons. The number of nitrogen functional groups attached to an aromatic ring is 1. The van der Waals surface area contributed by atoms with Gasteiger partial charge in [0.1, 0.15) is 5.78 Å². The van der Waals surface area contributed by atoms with Crippen molar-refractivity contribution < 1.29 is 4.79 Å². The molecule has 5 rings (SSSR count). The quantitative estimate of drug-likeness (QED) is 0.689. The van der Waals surface area contributed by atoms with Crippen LogP contribution in [0.5, 0.6) is 0 Å². The number of ketones is 1. The fraction of sp³-hybridized carbons (Fsp3) is 0.636. The van der Waals surface area contributed by atoms with Gasteiger partial charge < -0.3 is 5.73 Å². The molecule has 26 heavy (non-hydrogen) atoms. The maximum atomic E-state index is 12.0. The number of nitrogens with two attached hydrogens (primary N) is 1. The molecule has 1 aromatic rings. The highest BCUT2D eigenvalue weighted by atomic mass is 32.1. The second kappa shape index (κ2) is 5.54. The van der Waals surface area contributed by atoms with Crippen molar-refractivity contribution in [1.29, 1.82) is 0 Å². The highest BCUT2D eigenvalue weighted by molar-refractivity contribution is 7.13. The molecule has 0 unspecified atom stereocenters. The number of thiazole rings is 1. The summed E-state index contributed by atoms with van der Waals surface area (Å²) in [6, 6.07) is 0. The Balaban J connectivity index is 1.48. The maximum absolute atomic E-state index is 12.0. The van der Waals surface area contributed by atoms with Crippen LogP contribution in [0.1, 0.15) is 64.5 Å². The minimum Gasteiger partial charge on any atom is -0.375 e. The van der Waals surface area contributed by atoms with Crippen LogP contribution in [-0.2, 0) is 4.79 Å². The van der Waals surface area contributed by atoms with Gasteiger partial charge in [-0.3, -0.25) is 4.79 Å². The van der Waals surface area contributed by atoms with E-state index in [1.807, 2.05) is 0 Å². The van der Waals surface area contributed by atoms with Crippen molar-refractivity contribution in [2.24, 2.45) is 28.6 Å². The van der Waals surface area contributed by atoms with Gasteiger partial charge >= 0.3 is 0 Å². The fourth-order valence-electron chi connectivity index (χ4n) is 6.85. The number of hydrogen-bond acceptors (Lipinski definition) is 4. The molecule has 1 heterocycles. The van der Waals surface area contributed by atoms with E-state index in [-0.39, 0.29) is 10.8 Å². The topological polar surface area (TPSA) is 56.0 Å². The first kappa shape index (κ1) is 16.7. The molecule has 0 radical (unpaired) electrons. The SMILES string of the molecule is C[C@]12CCC(=O)CC1=CC[C@@H]1[C@@H]2CC[C@]2(C)C(c3csc(N)n3)=CC[C@@H]12. The van der Waals surface area contributed by atoms with Gasteiger partial charge in [-0.05, 0) is 66.3 Å². The smallest absolute Gasteiger partial charge is 0.180 e. The van der Waals surface area contributed by atoms with Crippen LogP contribution < -0.4 is 5.73 Å². The summed E-state index contributed by atoms with van der Waals surface area (Å²) >= 11 is 1.55. The second-order valence-electron chi connectivity index (χ2n) is 9.36.